The number of carbonyl (C=O) groups is 2. The first-order valence-electron chi connectivity index (χ1n) is 11.3. The van der Waals surface area contributed by atoms with Gasteiger partial charge in [0, 0.05) is 17.5 Å². The van der Waals surface area contributed by atoms with Gasteiger partial charge in [0.1, 0.15) is 30.0 Å². The van der Waals surface area contributed by atoms with Crippen LogP contribution in [0.4, 0.5) is 4.39 Å². The Bertz CT molecular complexity index is 1220. The highest BCUT2D eigenvalue weighted by Crippen LogP contribution is 2.38. The molecule has 0 aromatic heterocycles. The van der Waals surface area contributed by atoms with E-state index in [2.05, 4.69) is 5.32 Å². The third-order valence-corrected chi connectivity index (χ3v) is 6.02. The van der Waals surface area contributed by atoms with Gasteiger partial charge < -0.3 is 19.5 Å². The van der Waals surface area contributed by atoms with Crippen molar-refractivity contribution in [3.8, 4) is 22.6 Å². The molecule has 5 rings (SSSR count). The number of ether oxygens (including phenoxy) is 3. The summed E-state index contributed by atoms with van der Waals surface area (Å²) in [4.78, 5) is 24.4. The molecule has 174 valence electrons. The molecule has 3 aromatic rings. The summed E-state index contributed by atoms with van der Waals surface area (Å²) in [5.41, 5.74) is 3.52. The maximum atomic E-state index is 14.0. The summed E-state index contributed by atoms with van der Waals surface area (Å²) in [6.07, 6.45) is 2.27. The second-order valence-corrected chi connectivity index (χ2v) is 8.41. The monoisotopic (exact) mass is 461 g/mol. The number of halogens is 1. The SMILES string of the molecule is O=C(OC(=O)[C@@H]1CCCN1)c1cccc(COc2ccc(-c3cc(F)cc4c3OCC4)cc2)c1. The third kappa shape index (κ3) is 4.79. The van der Waals surface area contributed by atoms with Crippen molar-refractivity contribution in [2.75, 3.05) is 13.2 Å². The highest BCUT2D eigenvalue weighted by Gasteiger charge is 2.26. The predicted molar refractivity (Wildman–Crippen MR) is 123 cm³/mol. The number of nitrogens with one attached hydrogen (secondary N) is 1. The standard InChI is InChI=1S/C27H24FNO5/c28-21-14-19-10-12-32-25(19)23(15-21)18-6-8-22(9-7-18)33-16-17-3-1-4-20(13-17)26(30)34-27(31)24-5-2-11-29-24/h1,3-4,6-9,13-15,24,29H,2,5,10-12,16H2/t24-/m0/s1. The summed E-state index contributed by atoms with van der Waals surface area (Å²) in [7, 11) is 0. The van der Waals surface area contributed by atoms with Crippen molar-refractivity contribution in [2.45, 2.75) is 31.9 Å². The van der Waals surface area contributed by atoms with Crippen molar-refractivity contribution < 1.29 is 28.2 Å². The molecule has 0 saturated carbocycles. The van der Waals surface area contributed by atoms with Crippen LogP contribution in [0, 0.1) is 5.82 Å². The maximum Gasteiger partial charge on any atom is 0.345 e. The number of hydrogen-bond donors (Lipinski definition) is 1. The largest absolute Gasteiger partial charge is 0.492 e. The molecule has 0 bridgehead atoms. The van der Waals surface area contributed by atoms with E-state index in [1.165, 1.54) is 12.1 Å². The average Bonchev–Trinajstić information content (AvgIpc) is 3.55. The molecule has 1 saturated heterocycles. The minimum Gasteiger partial charge on any atom is -0.492 e. The van der Waals surface area contributed by atoms with Crippen molar-refractivity contribution >= 4 is 11.9 Å². The van der Waals surface area contributed by atoms with E-state index in [9.17, 15) is 14.0 Å². The van der Waals surface area contributed by atoms with E-state index >= 15 is 0 Å². The van der Waals surface area contributed by atoms with Crippen LogP contribution >= 0.6 is 0 Å². The fraction of sp³-hybridized carbons (Fsp3) is 0.259. The fourth-order valence-corrected chi connectivity index (χ4v) is 4.28. The first-order chi connectivity index (χ1) is 16.6. The lowest BCUT2D eigenvalue weighted by Gasteiger charge is -2.11. The van der Waals surface area contributed by atoms with E-state index in [1.54, 1.807) is 18.2 Å². The molecule has 2 aliphatic heterocycles. The molecule has 1 N–H and O–H groups in total. The van der Waals surface area contributed by atoms with E-state index in [4.69, 9.17) is 14.2 Å². The lowest BCUT2D eigenvalue weighted by atomic mass is 10.0. The second kappa shape index (κ2) is 9.65. The van der Waals surface area contributed by atoms with Crippen LogP contribution in [0.25, 0.3) is 11.1 Å². The second-order valence-electron chi connectivity index (χ2n) is 8.41. The van der Waals surface area contributed by atoms with Crippen LogP contribution in [0.15, 0.2) is 60.7 Å². The zero-order valence-corrected chi connectivity index (χ0v) is 18.5. The first-order valence-corrected chi connectivity index (χ1v) is 11.3. The molecule has 1 fully saturated rings. The van der Waals surface area contributed by atoms with Gasteiger partial charge in [0.15, 0.2) is 0 Å². The van der Waals surface area contributed by atoms with E-state index in [0.29, 0.717) is 30.8 Å². The summed E-state index contributed by atoms with van der Waals surface area (Å²) < 4.78 is 30.6. The van der Waals surface area contributed by atoms with Gasteiger partial charge in [-0.15, -0.1) is 0 Å². The molecule has 2 heterocycles. The highest BCUT2D eigenvalue weighted by molar-refractivity contribution is 5.98. The van der Waals surface area contributed by atoms with Crippen molar-refractivity contribution in [2.24, 2.45) is 0 Å². The zero-order chi connectivity index (χ0) is 23.5. The van der Waals surface area contributed by atoms with Gasteiger partial charge in [0.25, 0.3) is 0 Å². The van der Waals surface area contributed by atoms with Crippen LogP contribution < -0.4 is 14.8 Å². The topological polar surface area (TPSA) is 73.9 Å². The van der Waals surface area contributed by atoms with Crippen molar-refractivity contribution in [3.05, 3.63) is 83.2 Å². The maximum absolute atomic E-state index is 14.0. The fourth-order valence-electron chi connectivity index (χ4n) is 4.28. The van der Waals surface area contributed by atoms with Gasteiger partial charge in [-0.25, -0.2) is 14.0 Å². The predicted octanol–water partition coefficient (Wildman–Crippen LogP) is 4.44. The Balaban J connectivity index is 1.22. The van der Waals surface area contributed by atoms with Crippen LogP contribution in [0.3, 0.4) is 0 Å². The minimum absolute atomic E-state index is 0.233. The van der Waals surface area contributed by atoms with Crippen LogP contribution in [-0.4, -0.2) is 31.1 Å². The van der Waals surface area contributed by atoms with Gasteiger partial charge in [-0.2, -0.15) is 0 Å². The molecule has 2 aliphatic rings. The summed E-state index contributed by atoms with van der Waals surface area (Å²) in [6, 6.07) is 16.8. The average molecular weight is 461 g/mol. The lowest BCUT2D eigenvalue weighted by Crippen LogP contribution is -2.33. The molecule has 0 amide bonds. The zero-order valence-electron chi connectivity index (χ0n) is 18.5. The van der Waals surface area contributed by atoms with Gasteiger partial charge in [0.05, 0.1) is 12.2 Å². The molecule has 7 heteroatoms. The Morgan fingerprint density at radius 2 is 1.94 bits per heavy atom. The smallest absolute Gasteiger partial charge is 0.345 e. The molecule has 34 heavy (non-hydrogen) atoms. The van der Waals surface area contributed by atoms with Crippen molar-refractivity contribution in [1.29, 1.82) is 0 Å². The van der Waals surface area contributed by atoms with E-state index < -0.39 is 18.0 Å². The molecule has 0 aliphatic carbocycles. The quantitative estimate of drug-likeness (QED) is 0.432. The van der Waals surface area contributed by atoms with Crippen LogP contribution in [-0.2, 0) is 22.6 Å². The number of carbonyl (C=O) groups excluding carboxylic acids is 2. The van der Waals surface area contributed by atoms with Crippen molar-refractivity contribution in [3.63, 3.8) is 0 Å². The number of fused-ring (bicyclic) bond motifs is 1. The molecule has 0 unspecified atom stereocenters. The Hall–Kier alpha value is -3.71. The molecule has 0 spiro atoms. The molecule has 3 aromatic carbocycles. The number of rotatable bonds is 6. The first kappa shape index (κ1) is 22.1. The number of esters is 2. The molecule has 1 atom stereocenters. The Morgan fingerprint density at radius 3 is 2.74 bits per heavy atom. The van der Waals surface area contributed by atoms with Crippen LogP contribution in [0.2, 0.25) is 0 Å². The number of benzene rings is 3. The van der Waals surface area contributed by atoms with Gasteiger partial charge >= 0.3 is 11.9 Å². The molecular weight excluding hydrogens is 437 g/mol. The Labute approximate surface area is 196 Å². The van der Waals surface area contributed by atoms with Crippen LogP contribution in [0.1, 0.15) is 34.3 Å². The van der Waals surface area contributed by atoms with Gasteiger partial charge in [-0.1, -0.05) is 24.3 Å². The Kier molecular flexibility index (Phi) is 6.27. The minimum atomic E-state index is -0.672. The molecule has 6 nitrogen and oxygen atoms in total. The Morgan fingerprint density at radius 1 is 1.09 bits per heavy atom. The highest BCUT2D eigenvalue weighted by atomic mass is 19.1. The molecule has 0 radical (unpaired) electrons. The summed E-state index contributed by atoms with van der Waals surface area (Å²) in [6.45, 7) is 1.54. The summed E-state index contributed by atoms with van der Waals surface area (Å²) in [5, 5.41) is 3.02. The normalized spacial score (nSPS) is 16.6. The summed E-state index contributed by atoms with van der Waals surface area (Å²) in [5.74, 6) is -0.123. The van der Waals surface area contributed by atoms with E-state index in [1.807, 2.05) is 30.3 Å². The lowest BCUT2D eigenvalue weighted by molar-refractivity contribution is -0.139. The van der Waals surface area contributed by atoms with Crippen molar-refractivity contribution in [1.82, 2.24) is 5.32 Å². The van der Waals surface area contributed by atoms with E-state index in [-0.39, 0.29) is 12.4 Å². The van der Waals surface area contributed by atoms with Gasteiger partial charge in [-0.3, -0.25) is 0 Å². The molecular formula is C27H24FNO5. The van der Waals surface area contributed by atoms with Gasteiger partial charge in [-0.05, 0) is 66.9 Å². The third-order valence-electron chi connectivity index (χ3n) is 6.02. The number of hydrogen-bond acceptors (Lipinski definition) is 6. The van der Waals surface area contributed by atoms with E-state index in [0.717, 1.165) is 41.0 Å². The van der Waals surface area contributed by atoms with Crippen LogP contribution in [0.5, 0.6) is 11.5 Å². The summed E-state index contributed by atoms with van der Waals surface area (Å²) >= 11 is 0. The van der Waals surface area contributed by atoms with Gasteiger partial charge in [0.2, 0.25) is 0 Å².